The molecule has 2 fully saturated rings. The van der Waals surface area contributed by atoms with E-state index in [4.69, 9.17) is 4.74 Å². The first-order chi connectivity index (χ1) is 15.0. The van der Waals surface area contributed by atoms with Crippen molar-refractivity contribution in [2.75, 3.05) is 12.4 Å². The summed E-state index contributed by atoms with van der Waals surface area (Å²) in [6.07, 6.45) is 6.50. The lowest BCUT2D eigenvalue weighted by Crippen LogP contribution is -2.48. The Morgan fingerprint density at radius 2 is 1.97 bits per heavy atom. The Hall–Kier alpha value is -1.87. The van der Waals surface area contributed by atoms with Crippen molar-refractivity contribution in [1.29, 1.82) is 0 Å². The Morgan fingerprint density at radius 3 is 2.68 bits per heavy atom. The van der Waals surface area contributed by atoms with Crippen molar-refractivity contribution in [3.63, 3.8) is 0 Å². The van der Waals surface area contributed by atoms with Crippen LogP contribution in [0.25, 0.3) is 6.08 Å². The third-order valence-corrected chi connectivity index (χ3v) is 7.93. The second-order valence-electron chi connectivity index (χ2n) is 8.08. The minimum atomic E-state index is -0.148. The monoisotopic (exact) mass is 550 g/mol. The number of hydrogen-bond acceptors (Lipinski definition) is 5. The number of nitrogens with one attached hydrogen (secondary N) is 1. The van der Waals surface area contributed by atoms with E-state index in [1.54, 1.807) is 17.8 Å². The van der Waals surface area contributed by atoms with Crippen molar-refractivity contribution in [2.24, 2.45) is 5.92 Å². The number of anilines is 1. The van der Waals surface area contributed by atoms with Crippen LogP contribution in [0.15, 0.2) is 47.4 Å². The number of methoxy groups -OCH3 is 1. The number of rotatable bonds is 5. The van der Waals surface area contributed by atoms with E-state index >= 15 is 0 Å². The Morgan fingerprint density at radius 1 is 1.23 bits per heavy atom. The van der Waals surface area contributed by atoms with Gasteiger partial charge in [0.05, 0.1) is 15.6 Å². The molecule has 2 aromatic rings. The van der Waals surface area contributed by atoms with E-state index in [1.165, 1.54) is 13.5 Å². The summed E-state index contributed by atoms with van der Waals surface area (Å²) in [7, 11) is 1.53. The molecule has 0 bridgehead atoms. The van der Waals surface area contributed by atoms with Gasteiger partial charge in [0, 0.05) is 11.7 Å². The molecule has 7 heteroatoms. The zero-order chi connectivity index (χ0) is 22.0. The highest BCUT2D eigenvalue weighted by atomic mass is 127. The molecule has 31 heavy (non-hydrogen) atoms. The van der Waals surface area contributed by atoms with E-state index in [-0.39, 0.29) is 23.2 Å². The molecule has 1 aliphatic carbocycles. The van der Waals surface area contributed by atoms with Crippen LogP contribution in [0.2, 0.25) is 0 Å². The smallest absolute Gasteiger partial charge is 0.262 e. The SMILES string of the molecule is COc1cc(/C=C2\SC(Nc3ccccc3)N([C@H]3CCCC[C@@H]3C)C2=O)cc(I)c1O. The summed E-state index contributed by atoms with van der Waals surface area (Å²) < 4.78 is 5.98. The van der Waals surface area contributed by atoms with Gasteiger partial charge in [-0.2, -0.15) is 0 Å². The zero-order valence-electron chi connectivity index (χ0n) is 17.7. The standard InChI is InChI=1S/C24H27IN2O3S/c1-15-8-6-7-11-19(15)27-23(29)21(31-24(27)26-17-9-4-3-5-10-17)14-16-12-18(25)22(28)20(13-16)30-2/h3-5,9-10,12-15,19,24,26,28H,6-8,11H2,1-2H3/b21-14-/t15-,19-,24?/m0/s1. The highest BCUT2D eigenvalue weighted by molar-refractivity contribution is 14.1. The van der Waals surface area contributed by atoms with Crippen LogP contribution in [0.4, 0.5) is 5.69 Å². The average Bonchev–Trinajstić information content (AvgIpc) is 3.06. The molecule has 2 N–H and O–H groups in total. The van der Waals surface area contributed by atoms with Gasteiger partial charge < -0.3 is 20.1 Å². The number of para-hydroxylation sites is 1. The molecular formula is C24H27IN2O3S. The summed E-state index contributed by atoms with van der Waals surface area (Å²) in [5, 5.41) is 13.7. The summed E-state index contributed by atoms with van der Waals surface area (Å²) in [6, 6.07) is 13.9. The second-order valence-corrected chi connectivity index (χ2v) is 10.4. The number of aromatic hydroxyl groups is 1. The van der Waals surface area contributed by atoms with E-state index < -0.39 is 0 Å². The number of ether oxygens (including phenoxy) is 1. The normalized spacial score (nSPS) is 25.1. The first kappa shape index (κ1) is 22.3. The molecule has 1 heterocycles. The molecule has 4 rings (SSSR count). The van der Waals surface area contributed by atoms with Crippen LogP contribution >= 0.6 is 34.4 Å². The maximum absolute atomic E-state index is 13.6. The van der Waals surface area contributed by atoms with Gasteiger partial charge >= 0.3 is 0 Å². The van der Waals surface area contributed by atoms with Crippen molar-refractivity contribution in [2.45, 2.75) is 44.1 Å². The van der Waals surface area contributed by atoms with Crippen molar-refractivity contribution in [1.82, 2.24) is 4.90 Å². The largest absolute Gasteiger partial charge is 0.504 e. The quantitative estimate of drug-likeness (QED) is 0.359. The van der Waals surface area contributed by atoms with Gasteiger partial charge in [-0.15, -0.1) is 0 Å². The highest BCUT2D eigenvalue weighted by Gasteiger charge is 2.42. The van der Waals surface area contributed by atoms with Crippen LogP contribution in [0.3, 0.4) is 0 Å². The Kier molecular flexibility index (Phi) is 7.01. The van der Waals surface area contributed by atoms with Gasteiger partial charge in [0.1, 0.15) is 0 Å². The number of amides is 1. The van der Waals surface area contributed by atoms with Crippen LogP contribution < -0.4 is 10.1 Å². The number of hydrogen-bond donors (Lipinski definition) is 2. The molecule has 164 valence electrons. The lowest BCUT2D eigenvalue weighted by Gasteiger charge is -2.39. The molecule has 2 aromatic carbocycles. The van der Waals surface area contributed by atoms with Crippen LogP contribution in [0.5, 0.6) is 11.5 Å². The van der Waals surface area contributed by atoms with Crippen LogP contribution in [0, 0.1) is 9.49 Å². The third kappa shape index (κ3) is 4.82. The summed E-state index contributed by atoms with van der Waals surface area (Å²) in [4.78, 5) is 16.3. The fourth-order valence-corrected chi connectivity index (χ4v) is 6.19. The van der Waals surface area contributed by atoms with Crippen molar-refractivity contribution < 1.29 is 14.6 Å². The number of phenolic OH excluding ortho intramolecular Hbond substituents is 1. The molecule has 0 radical (unpaired) electrons. The number of carbonyl (C=O) groups excluding carboxylic acids is 1. The number of thioether (sulfide) groups is 1. The van der Waals surface area contributed by atoms with Crippen molar-refractivity contribution in [3.05, 3.63) is 56.5 Å². The predicted molar refractivity (Wildman–Crippen MR) is 135 cm³/mol. The van der Waals surface area contributed by atoms with E-state index in [9.17, 15) is 9.90 Å². The Balaban J connectivity index is 1.67. The van der Waals surface area contributed by atoms with Gasteiger partial charge in [-0.1, -0.05) is 49.7 Å². The van der Waals surface area contributed by atoms with E-state index in [0.29, 0.717) is 20.1 Å². The van der Waals surface area contributed by atoms with E-state index in [1.807, 2.05) is 42.5 Å². The zero-order valence-corrected chi connectivity index (χ0v) is 20.7. The summed E-state index contributed by atoms with van der Waals surface area (Å²) in [5.41, 5.74) is 1.69. The first-order valence-corrected chi connectivity index (χ1v) is 12.5. The van der Waals surface area contributed by atoms with Crippen LogP contribution in [0.1, 0.15) is 38.2 Å². The summed E-state index contributed by atoms with van der Waals surface area (Å²) >= 11 is 3.63. The maximum atomic E-state index is 13.6. The molecule has 5 nitrogen and oxygen atoms in total. The van der Waals surface area contributed by atoms with Gasteiger partial charge in [-0.05, 0) is 77.3 Å². The second kappa shape index (κ2) is 9.73. The molecule has 1 unspecified atom stereocenters. The van der Waals surface area contributed by atoms with Crippen molar-refractivity contribution >= 4 is 52.0 Å². The predicted octanol–water partition coefficient (Wildman–Crippen LogP) is 5.90. The summed E-state index contributed by atoms with van der Waals surface area (Å²) in [5.74, 6) is 1.08. The lowest BCUT2D eigenvalue weighted by molar-refractivity contribution is -0.129. The Labute approximate surface area is 201 Å². The fraction of sp³-hybridized carbons (Fsp3) is 0.375. The lowest BCUT2D eigenvalue weighted by atomic mass is 9.85. The molecule has 1 aliphatic heterocycles. The van der Waals surface area contributed by atoms with Gasteiger partial charge in [-0.25, -0.2) is 0 Å². The molecule has 1 saturated carbocycles. The summed E-state index contributed by atoms with van der Waals surface area (Å²) in [6.45, 7) is 2.26. The van der Waals surface area contributed by atoms with E-state index in [2.05, 4.69) is 39.7 Å². The molecule has 2 aliphatic rings. The fourth-order valence-electron chi connectivity index (χ4n) is 4.35. The molecule has 3 atom stereocenters. The van der Waals surface area contributed by atoms with Gasteiger partial charge in [0.25, 0.3) is 5.91 Å². The average molecular weight is 550 g/mol. The number of benzene rings is 2. The third-order valence-electron chi connectivity index (χ3n) is 5.99. The van der Waals surface area contributed by atoms with Gasteiger partial charge in [0.2, 0.25) is 0 Å². The molecule has 1 saturated heterocycles. The van der Waals surface area contributed by atoms with Crippen LogP contribution in [-0.4, -0.2) is 34.6 Å². The number of carbonyl (C=O) groups is 1. The number of phenols is 1. The van der Waals surface area contributed by atoms with Gasteiger partial charge in [-0.3, -0.25) is 4.79 Å². The topological polar surface area (TPSA) is 61.8 Å². The highest BCUT2D eigenvalue weighted by Crippen LogP contribution is 2.43. The van der Waals surface area contributed by atoms with Crippen LogP contribution in [-0.2, 0) is 4.79 Å². The minimum Gasteiger partial charge on any atom is -0.504 e. The van der Waals surface area contributed by atoms with Gasteiger partial charge in [0.15, 0.2) is 17.0 Å². The maximum Gasteiger partial charge on any atom is 0.262 e. The number of halogens is 1. The number of nitrogens with zero attached hydrogens (tertiary/aromatic N) is 1. The molecule has 0 aromatic heterocycles. The first-order valence-electron chi connectivity index (χ1n) is 10.6. The minimum absolute atomic E-state index is 0.0687. The van der Waals surface area contributed by atoms with Crippen molar-refractivity contribution in [3.8, 4) is 11.5 Å². The van der Waals surface area contributed by atoms with E-state index in [0.717, 1.165) is 30.5 Å². The molecular weight excluding hydrogens is 523 g/mol. The molecule has 1 amide bonds. The Bertz CT molecular complexity index is 982. The molecule has 0 spiro atoms.